The van der Waals surface area contributed by atoms with Gasteiger partial charge in [-0.25, -0.2) is 4.79 Å². The Kier molecular flexibility index (Phi) is 39.6. The van der Waals surface area contributed by atoms with Crippen molar-refractivity contribution in [2.24, 2.45) is 88.3 Å². The molecule has 7 unspecified atom stereocenters. The van der Waals surface area contributed by atoms with Crippen molar-refractivity contribution in [3.05, 3.63) is 156 Å². The number of unbranched alkanes of at least 4 members (excludes halogenated alkanes) is 1. The lowest BCUT2D eigenvalue weighted by Crippen LogP contribution is -2.58. The molecule has 0 spiro atoms. The molecule has 12 heteroatoms. The van der Waals surface area contributed by atoms with E-state index in [0.717, 1.165) is 80.0 Å². The average molecular weight is 1620 g/mol. The third-order valence-electron chi connectivity index (χ3n) is 28.9. The maximum Gasteiger partial charge on any atom is 0.514 e. The van der Waals surface area contributed by atoms with Crippen LogP contribution < -0.4 is 4.74 Å². The fourth-order valence-electron chi connectivity index (χ4n) is 20.0. The molecule has 0 amide bonds. The van der Waals surface area contributed by atoms with E-state index < -0.39 is 11.8 Å². The first-order chi connectivity index (χ1) is 55.3. The quantitative estimate of drug-likeness (QED) is 0.0383. The number of rotatable bonds is 20. The van der Waals surface area contributed by atoms with Crippen LogP contribution in [0.3, 0.4) is 0 Å². The zero-order valence-electron chi connectivity index (χ0n) is 77.3. The van der Waals surface area contributed by atoms with Crippen LogP contribution in [0.15, 0.2) is 133 Å². The number of hydrogen-bond acceptors (Lipinski definition) is 12. The van der Waals surface area contributed by atoms with Gasteiger partial charge in [0.05, 0.1) is 17.8 Å². The first-order valence-electron chi connectivity index (χ1n) is 46.4. The number of carbonyl (C=O) groups is 4. The van der Waals surface area contributed by atoms with Crippen molar-refractivity contribution in [2.45, 2.75) is 366 Å². The lowest BCUT2D eigenvalue weighted by atomic mass is 9.46. The van der Waals surface area contributed by atoms with Gasteiger partial charge in [-0.1, -0.05) is 209 Å². The highest BCUT2D eigenvalue weighted by molar-refractivity contribution is 5.73. The molecule has 12 aliphatic carbocycles. The summed E-state index contributed by atoms with van der Waals surface area (Å²) in [6, 6.07) is 41.8. The maximum atomic E-state index is 12.3. The lowest BCUT2D eigenvalue weighted by molar-refractivity contribution is -0.207. The molecule has 12 fully saturated rings. The van der Waals surface area contributed by atoms with Gasteiger partial charge in [0.25, 0.3) is 0 Å². The molecule has 0 saturated heterocycles. The molecule has 3 N–H and O–H groups in total. The number of phenolic OH excluding ortho intramolecular Hbond substituents is 3. The van der Waals surface area contributed by atoms with Gasteiger partial charge in [-0.05, 0) is 356 Å². The molecule has 12 nitrogen and oxygen atoms in total. The van der Waals surface area contributed by atoms with Gasteiger partial charge in [0.2, 0.25) is 0 Å². The van der Waals surface area contributed by atoms with Crippen molar-refractivity contribution < 1.29 is 58.2 Å². The Balaban J connectivity index is 0.000000210. The largest absolute Gasteiger partial charge is 0.514 e. The Labute approximate surface area is 711 Å². The van der Waals surface area contributed by atoms with Gasteiger partial charge >= 0.3 is 24.1 Å². The van der Waals surface area contributed by atoms with Crippen LogP contribution in [0.4, 0.5) is 4.79 Å². The normalized spacial score (nSPS) is 27.7. The molecule has 654 valence electrons. The summed E-state index contributed by atoms with van der Waals surface area (Å²) in [4.78, 5) is 48.0. The van der Waals surface area contributed by atoms with Crippen LogP contribution in [0.1, 0.15) is 366 Å². The maximum absolute atomic E-state index is 12.3. The number of esters is 3. The molecule has 0 heterocycles. The summed E-state index contributed by atoms with van der Waals surface area (Å²) < 4.78 is 28.3. The van der Waals surface area contributed by atoms with Gasteiger partial charge < -0.3 is 39.0 Å². The summed E-state index contributed by atoms with van der Waals surface area (Å²) in [5.41, 5.74) is 4.44. The van der Waals surface area contributed by atoms with Gasteiger partial charge in [-0.2, -0.15) is 0 Å². The zero-order chi connectivity index (χ0) is 86.6. The molecule has 12 bridgehead atoms. The summed E-state index contributed by atoms with van der Waals surface area (Å²) in [6.07, 6.45) is 30.7. The first-order valence-corrected chi connectivity index (χ1v) is 46.4. The van der Waals surface area contributed by atoms with E-state index in [9.17, 15) is 19.2 Å². The topological polar surface area (TPSA) is 175 Å². The summed E-state index contributed by atoms with van der Waals surface area (Å²) >= 11 is 0. The fraction of sp³-hybridized carbons (Fsp3) is 0.676. The SMILES string of the molecule is CCC(C)C(=O)OC(C)(C)C12CC3CC(CC(C3)C1)C2.CCC(C)C(=O)OC1(C)C2CC3CC(C2)CC1C3.CCC(C)C(=O)OC1(C)C2CC3CC(C2)CC1C3.CCC(C)c1ccc(O)cc1.CCC(C)c1ccc(O)cc1.CCC(C)c1ccc(OC(=O)OC(C)(C)C)cc1.CCC(C)c1ccccc1.CCCC.Oc1ccccc1. The Morgan fingerprint density at radius 2 is 0.624 bits per heavy atom. The van der Waals surface area contributed by atoms with E-state index in [1.165, 1.54) is 144 Å². The van der Waals surface area contributed by atoms with E-state index >= 15 is 0 Å². The van der Waals surface area contributed by atoms with E-state index in [1.807, 2.05) is 63.2 Å². The van der Waals surface area contributed by atoms with Crippen LogP contribution >= 0.6 is 0 Å². The fourth-order valence-corrected chi connectivity index (χ4v) is 20.0. The molecule has 5 aromatic rings. The standard InChI is InChI=1S/C18H30O2.2C16H26O2.C15H22O3.2C10H14O.C10H14.C6H6O.C4H10/c1-5-12(2)16(19)20-17(3,4)18-9-13-6-14(10-18)8-15(7-13)11-18;2*1-4-10(2)15(17)18-16(3)13-6-11-5-12(8-13)9-14(16)7-11;1-6-11(2)12-7-9-13(10-8-12)17-14(16)18-15(3,4)5;2*1-3-8(2)9-4-6-10(11)7-5-9;1-3-9(2)10-7-5-4-6-8-10;7-6-4-2-1-3-5-6;1-3-4-2/h12-15H,5-11H2,1-4H3;2*10-14H,4-9H2,1-3H3;7-11H,6H2,1-5H3;2*4-8,11H,3H2,1-2H3;4-9H,3H2,1-2H3;1-5,7H;3-4H2,1-2H3. The predicted octanol–water partition coefficient (Wildman–Crippen LogP) is 28.9. The van der Waals surface area contributed by atoms with Crippen molar-refractivity contribution in [3.63, 3.8) is 0 Å². The Bertz CT molecular complexity index is 3450. The van der Waals surface area contributed by atoms with Crippen LogP contribution in [-0.4, -0.2) is 61.8 Å². The monoisotopic (exact) mass is 1620 g/mol. The Morgan fingerprint density at radius 1 is 0.350 bits per heavy atom. The lowest BCUT2D eigenvalue weighted by Gasteiger charge is -2.61. The summed E-state index contributed by atoms with van der Waals surface area (Å²) in [5, 5.41) is 26.7. The molecule has 5 aromatic carbocycles. The van der Waals surface area contributed by atoms with E-state index in [0.29, 0.717) is 70.3 Å². The first kappa shape index (κ1) is 99.0. The van der Waals surface area contributed by atoms with Crippen molar-refractivity contribution in [2.75, 3.05) is 0 Å². The van der Waals surface area contributed by atoms with Crippen molar-refractivity contribution in [3.8, 4) is 23.0 Å². The van der Waals surface area contributed by atoms with Crippen LogP contribution in [0.2, 0.25) is 0 Å². The summed E-state index contributed by atoms with van der Waals surface area (Å²) in [5.74, 6) is 13.2. The molecular formula is C105H162O12. The van der Waals surface area contributed by atoms with E-state index in [4.69, 9.17) is 39.0 Å². The van der Waals surface area contributed by atoms with E-state index in [1.54, 1.807) is 81.4 Å². The van der Waals surface area contributed by atoms with E-state index in [2.05, 4.69) is 148 Å². The Morgan fingerprint density at radius 3 is 0.897 bits per heavy atom. The minimum atomic E-state index is -0.668. The van der Waals surface area contributed by atoms with Crippen molar-refractivity contribution >= 4 is 24.1 Å². The van der Waals surface area contributed by atoms with Crippen molar-refractivity contribution in [1.29, 1.82) is 0 Å². The van der Waals surface area contributed by atoms with Crippen molar-refractivity contribution in [1.82, 2.24) is 0 Å². The molecule has 0 aliphatic heterocycles. The highest BCUT2D eigenvalue weighted by Crippen LogP contribution is 2.65. The highest BCUT2D eigenvalue weighted by atomic mass is 16.7. The van der Waals surface area contributed by atoms with E-state index in [-0.39, 0.29) is 57.9 Å². The number of hydrogen-bond donors (Lipinski definition) is 3. The number of carbonyl (C=O) groups excluding carboxylic acids is 4. The number of ether oxygens (including phenoxy) is 5. The van der Waals surface area contributed by atoms with Crippen LogP contribution in [0.25, 0.3) is 0 Å². The average Bonchev–Trinajstić information content (AvgIpc) is 0.732. The van der Waals surface area contributed by atoms with Crippen LogP contribution in [0, 0.1) is 88.3 Å². The summed E-state index contributed by atoms with van der Waals surface area (Å²) in [7, 11) is 0. The molecule has 12 saturated carbocycles. The second-order valence-corrected chi connectivity index (χ2v) is 39.2. The second-order valence-electron chi connectivity index (χ2n) is 39.2. The minimum absolute atomic E-state index is 0.00763. The van der Waals surface area contributed by atoms with Gasteiger partial charge in [0.1, 0.15) is 45.4 Å². The smallest absolute Gasteiger partial charge is 0.508 e. The molecule has 17 rings (SSSR count). The molecule has 0 aromatic heterocycles. The summed E-state index contributed by atoms with van der Waals surface area (Å²) in [6.45, 7) is 48.2. The number of para-hydroxylation sites is 1. The number of benzene rings is 5. The highest BCUT2D eigenvalue weighted by Gasteiger charge is 2.61. The minimum Gasteiger partial charge on any atom is -0.508 e. The third-order valence-corrected chi connectivity index (χ3v) is 28.9. The second kappa shape index (κ2) is 46.8. The van der Waals surface area contributed by atoms with Crippen LogP contribution in [-0.2, 0) is 33.3 Å². The molecule has 12 aliphatic rings. The third kappa shape index (κ3) is 29.5. The van der Waals surface area contributed by atoms with Gasteiger partial charge in [-0.15, -0.1) is 0 Å². The van der Waals surface area contributed by atoms with Gasteiger partial charge in [-0.3, -0.25) is 14.4 Å². The molecular weight excluding hydrogens is 1450 g/mol. The number of phenols is 3. The number of aromatic hydroxyl groups is 3. The van der Waals surface area contributed by atoms with Gasteiger partial charge in [0.15, 0.2) is 0 Å². The van der Waals surface area contributed by atoms with Gasteiger partial charge in [0, 0.05) is 5.41 Å². The molecule has 7 atom stereocenters. The predicted molar refractivity (Wildman–Crippen MR) is 482 cm³/mol. The zero-order valence-corrected chi connectivity index (χ0v) is 77.3. The van der Waals surface area contributed by atoms with Crippen LogP contribution in [0.5, 0.6) is 23.0 Å². The molecule has 117 heavy (non-hydrogen) atoms. The molecule has 0 radical (unpaired) electrons. The Hall–Kier alpha value is -6.82.